The molecule has 1 fully saturated rings. The van der Waals surface area contributed by atoms with Gasteiger partial charge in [0.2, 0.25) is 5.91 Å². The van der Waals surface area contributed by atoms with E-state index in [9.17, 15) is 9.90 Å². The summed E-state index contributed by atoms with van der Waals surface area (Å²) in [5, 5.41) is 15.5. The van der Waals surface area contributed by atoms with Crippen LogP contribution in [0.4, 0.5) is 5.69 Å². The number of amides is 1. The van der Waals surface area contributed by atoms with Gasteiger partial charge in [0.15, 0.2) is 0 Å². The Morgan fingerprint density at radius 1 is 1.44 bits per heavy atom. The van der Waals surface area contributed by atoms with Gasteiger partial charge in [0.1, 0.15) is 5.75 Å². The number of phenolic OH excluding ortho intramolecular Hbond substituents is 1. The molecule has 1 aliphatic rings. The summed E-state index contributed by atoms with van der Waals surface area (Å²) in [6.07, 6.45) is 0. The van der Waals surface area contributed by atoms with E-state index >= 15 is 0 Å². The van der Waals surface area contributed by atoms with Crippen LogP contribution in [-0.4, -0.2) is 24.1 Å². The number of rotatable bonds is 2. The van der Waals surface area contributed by atoms with Crippen LogP contribution in [0.3, 0.4) is 0 Å². The van der Waals surface area contributed by atoms with Gasteiger partial charge in [0.25, 0.3) is 0 Å². The summed E-state index contributed by atoms with van der Waals surface area (Å²) >= 11 is 0. The van der Waals surface area contributed by atoms with Crippen molar-refractivity contribution in [1.82, 2.24) is 5.32 Å². The molecule has 3 N–H and O–H groups in total. The van der Waals surface area contributed by atoms with Gasteiger partial charge in [-0.05, 0) is 24.6 Å². The Balaban J connectivity index is 2.05. The van der Waals surface area contributed by atoms with Crippen LogP contribution < -0.4 is 10.6 Å². The number of hydrogen-bond donors (Lipinski definition) is 3. The fourth-order valence-electron chi connectivity index (χ4n) is 1.97. The van der Waals surface area contributed by atoms with E-state index < -0.39 is 0 Å². The minimum Gasteiger partial charge on any atom is -0.506 e. The summed E-state index contributed by atoms with van der Waals surface area (Å²) in [7, 11) is 0. The van der Waals surface area contributed by atoms with Crippen molar-refractivity contribution < 1.29 is 9.90 Å². The molecule has 1 heterocycles. The molecule has 0 aliphatic carbocycles. The van der Waals surface area contributed by atoms with Crippen molar-refractivity contribution in [2.24, 2.45) is 11.8 Å². The Labute approximate surface area is 94.7 Å². The van der Waals surface area contributed by atoms with E-state index in [-0.39, 0.29) is 17.6 Å². The molecule has 0 radical (unpaired) electrons. The molecule has 1 amide bonds. The van der Waals surface area contributed by atoms with Gasteiger partial charge in [0.05, 0.1) is 11.6 Å². The first-order valence-corrected chi connectivity index (χ1v) is 5.48. The average Bonchev–Trinajstić information content (AvgIpc) is 2.68. The first-order valence-electron chi connectivity index (χ1n) is 5.48. The number of carbonyl (C=O) groups excluding carboxylic acids is 1. The van der Waals surface area contributed by atoms with Crippen molar-refractivity contribution in [3.63, 3.8) is 0 Å². The van der Waals surface area contributed by atoms with Gasteiger partial charge in [-0.1, -0.05) is 19.1 Å². The number of benzene rings is 1. The van der Waals surface area contributed by atoms with Crippen molar-refractivity contribution in [2.75, 3.05) is 18.4 Å². The maximum atomic E-state index is 11.9. The average molecular weight is 220 g/mol. The first kappa shape index (κ1) is 11.0. The van der Waals surface area contributed by atoms with Crippen molar-refractivity contribution in [3.8, 4) is 5.75 Å². The Kier molecular flexibility index (Phi) is 3.10. The summed E-state index contributed by atoms with van der Waals surface area (Å²) in [5.74, 6) is 0.402. The van der Waals surface area contributed by atoms with E-state index in [1.54, 1.807) is 24.3 Å². The number of anilines is 1. The van der Waals surface area contributed by atoms with Gasteiger partial charge in [0, 0.05) is 6.54 Å². The van der Waals surface area contributed by atoms with E-state index in [1.807, 2.05) is 0 Å². The second-order valence-corrected chi connectivity index (χ2v) is 4.25. The number of nitrogens with one attached hydrogen (secondary N) is 2. The van der Waals surface area contributed by atoms with Crippen LogP contribution in [0.1, 0.15) is 6.92 Å². The van der Waals surface area contributed by atoms with E-state index in [2.05, 4.69) is 17.6 Å². The normalized spacial score (nSPS) is 24.3. The van der Waals surface area contributed by atoms with Crippen LogP contribution in [0.15, 0.2) is 24.3 Å². The van der Waals surface area contributed by atoms with Gasteiger partial charge < -0.3 is 15.7 Å². The standard InChI is InChI=1S/C12H16N2O2/c1-8-6-13-7-9(8)12(16)14-10-4-2-3-5-11(10)15/h2-5,8-9,13,15H,6-7H2,1H3,(H,14,16)/t8-,9-/m1/s1. The predicted molar refractivity (Wildman–Crippen MR) is 62.3 cm³/mol. The highest BCUT2D eigenvalue weighted by Gasteiger charge is 2.29. The third kappa shape index (κ3) is 2.17. The fourth-order valence-corrected chi connectivity index (χ4v) is 1.97. The Hall–Kier alpha value is -1.55. The monoisotopic (exact) mass is 220 g/mol. The molecule has 1 saturated heterocycles. The SMILES string of the molecule is C[C@@H]1CNC[C@H]1C(=O)Nc1ccccc1O. The number of para-hydroxylation sites is 2. The van der Waals surface area contributed by atoms with Gasteiger partial charge in [-0.3, -0.25) is 4.79 Å². The minimum atomic E-state index is -0.0287. The molecule has 86 valence electrons. The highest BCUT2D eigenvalue weighted by molar-refractivity contribution is 5.94. The Morgan fingerprint density at radius 3 is 2.81 bits per heavy atom. The van der Waals surface area contributed by atoms with Crippen molar-refractivity contribution in [2.45, 2.75) is 6.92 Å². The van der Waals surface area contributed by atoms with Crippen LogP contribution in [0, 0.1) is 11.8 Å². The zero-order valence-electron chi connectivity index (χ0n) is 9.23. The predicted octanol–water partition coefficient (Wildman–Crippen LogP) is 1.19. The maximum Gasteiger partial charge on any atom is 0.229 e. The van der Waals surface area contributed by atoms with Crippen molar-refractivity contribution in [3.05, 3.63) is 24.3 Å². The largest absolute Gasteiger partial charge is 0.506 e. The topological polar surface area (TPSA) is 61.4 Å². The smallest absolute Gasteiger partial charge is 0.229 e. The maximum absolute atomic E-state index is 11.9. The molecule has 0 bridgehead atoms. The lowest BCUT2D eigenvalue weighted by Crippen LogP contribution is -2.27. The van der Waals surface area contributed by atoms with E-state index in [1.165, 1.54) is 0 Å². The van der Waals surface area contributed by atoms with Gasteiger partial charge in [-0.15, -0.1) is 0 Å². The summed E-state index contributed by atoms with van der Waals surface area (Å²) in [5.41, 5.74) is 0.478. The molecule has 1 aromatic rings. The molecule has 4 heteroatoms. The van der Waals surface area contributed by atoms with Crippen LogP contribution in [0.2, 0.25) is 0 Å². The second-order valence-electron chi connectivity index (χ2n) is 4.25. The highest BCUT2D eigenvalue weighted by Crippen LogP contribution is 2.24. The number of aromatic hydroxyl groups is 1. The zero-order valence-corrected chi connectivity index (χ0v) is 9.23. The quantitative estimate of drug-likeness (QED) is 0.656. The molecule has 2 atom stereocenters. The summed E-state index contributed by atoms with van der Waals surface area (Å²) in [4.78, 5) is 11.9. The lowest BCUT2D eigenvalue weighted by molar-refractivity contribution is -0.120. The molecule has 0 saturated carbocycles. The van der Waals surface area contributed by atoms with Gasteiger partial charge in [-0.25, -0.2) is 0 Å². The van der Waals surface area contributed by atoms with Crippen LogP contribution >= 0.6 is 0 Å². The summed E-state index contributed by atoms with van der Waals surface area (Å²) in [6.45, 7) is 3.63. The zero-order chi connectivity index (χ0) is 11.5. The van der Waals surface area contributed by atoms with Crippen LogP contribution in [0.25, 0.3) is 0 Å². The number of carbonyl (C=O) groups is 1. The third-order valence-corrected chi connectivity index (χ3v) is 3.02. The molecular formula is C12H16N2O2. The molecule has 0 aromatic heterocycles. The Bertz CT molecular complexity index is 392. The molecule has 16 heavy (non-hydrogen) atoms. The molecule has 4 nitrogen and oxygen atoms in total. The van der Waals surface area contributed by atoms with Crippen molar-refractivity contribution in [1.29, 1.82) is 0 Å². The second kappa shape index (κ2) is 4.53. The van der Waals surface area contributed by atoms with Crippen LogP contribution in [-0.2, 0) is 4.79 Å². The Morgan fingerprint density at radius 2 is 2.19 bits per heavy atom. The fraction of sp³-hybridized carbons (Fsp3) is 0.417. The molecule has 1 aliphatic heterocycles. The summed E-state index contributed by atoms with van der Waals surface area (Å²) < 4.78 is 0. The molecule has 0 unspecified atom stereocenters. The molecular weight excluding hydrogens is 204 g/mol. The number of phenols is 1. The lowest BCUT2D eigenvalue weighted by atomic mass is 9.97. The molecule has 2 rings (SSSR count). The third-order valence-electron chi connectivity index (χ3n) is 3.02. The molecule has 1 aromatic carbocycles. The van der Waals surface area contributed by atoms with Gasteiger partial charge in [-0.2, -0.15) is 0 Å². The number of hydrogen-bond acceptors (Lipinski definition) is 3. The van der Waals surface area contributed by atoms with Crippen molar-refractivity contribution >= 4 is 11.6 Å². The van der Waals surface area contributed by atoms with E-state index in [0.717, 1.165) is 6.54 Å². The summed E-state index contributed by atoms with van der Waals surface area (Å²) in [6, 6.07) is 6.77. The highest BCUT2D eigenvalue weighted by atomic mass is 16.3. The minimum absolute atomic E-state index is 0.0143. The van der Waals surface area contributed by atoms with E-state index in [0.29, 0.717) is 18.2 Å². The van der Waals surface area contributed by atoms with E-state index in [4.69, 9.17) is 0 Å². The lowest BCUT2D eigenvalue weighted by Gasteiger charge is -2.14. The first-order chi connectivity index (χ1) is 7.68. The van der Waals surface area contributed by atoms with Crippen LogP contribution in [0.5, 0.6) is 5.75 Å². The van der Waals surface area contributed by atoms with Gasteiger partial charge >= 0.3 is 0 Å². The molecule has 0 spiro atoms.